The lowest BCUT2D eigenvalue weighted by Gasteiger charge is -2.20. The highest BCUT2D eigenvalue weighted by Crippen LogP contribution is 2.29. The van der Waals surface area contributed by atoms with Crippen LogP contribution in [0.15, 0.2) is 9.68 Å². The number of nitrogens with two attached hydrogens (primary N) is 1. The Kier molecular flexibility index (Phi) is 4.16. The van der Waals surface area contributed by atoms with E-state index in [1.165, 1.54) is 0 Å². The van der Waals surface area contributed by atoms with E-state index in [9.17, 15) is 0 Å². The van der Waals surface area contributed by atoms with Gasteiger partial charge in [0.05, 0.1) is 5.69 Å². The molecule has 3 rings (SSSR count). The topological polar surface area (TPSA) is 92.0 Å². The third kappa shape index (κ3) is 2.91. The Morgan fingerprint density at radius 1 is 1.29 bits per heavy atom. The van der Waals surface area contributed by atoms with Crippen LogP contribution in [0.3, 0.4) is 0 Å². The van der Waals surface area contributed by atoms with Crippen LogP contribution in [0.4, 0.5) is 0 Å². The summed E-state index contributed by atoms with van der Waals surface area (Å²) in [5, 5.41) is 13.1. The molecule has 1 saturated heterocycles. The first-order valence-electron chi connectivity index (χ1n) is 6.99. The smallest absolute Gasteiger partial charge is 0.210 e. The van der Waals surface area contributed by atoms with Gasteiger partial charge in [-0.25, -0.2) is 4.68 Å². The summed E-state index contributed by atoms with van der Waals surface area (Å²) in [5.74, 6) is 8.89. The SMILES string of the molecule is Cc1noc(C)c1CSc1nnc(C2CCOCC2)n1N. The van der Waals surface area contributed by atoms with Gasteiger partial charge in [-0.2, -0.15) is 0 Å². The maximum absolute atomic E-state index is 6.14. The van der Waals surface area contributed by atoms with E-state index in [0.29, 0.717) is 5.92 Å². The molecule has 0 bridgehead atoms. The first kappa shape index (κ1) is 14.4. The molecule has 21 heavy (non-hydrogen) atoms. The van der Waals surface area contributed by atoms with E-state index in [2.05, 4.69) is 15.4 Å². The zero-order valence-electron chi connectivity index (χ0n) is 12.2. The Balaban J connectivity index is 1.70. The van der Waals surface area contributed by atoms with Crippen molar-refractivity contribution in [2.45, 2.75) is 43.5 Å². The van der Waals surface area contributed by atoms with E-state index < -0.39 is 0 Å². The van der Waals surface area contributed by atoms with Gasteiger partial charge in [0.25, 0.3) is 0 Å². The van der Waals surface area contributed by atoms with Crippen molar-refractivity contribution in [1.29, 1.82) is 0 Å². The van der Waals surface area contributed by atoms with Crippen molar-refractivity contribution < 1.29 is 9.26 Å². The highest BCUT2D eigenvalue weighted by molar-refractivity contribution is 7.98. The van der Waals surface area contributed by atoms with Crippen LogP contribution in [-0.4, -0.2) is 33.2 Å². The van der Waals surface area contributed by atoms with Gasteiger partial charge >= 0.3 is 0 Å². The van der Waals surface area contributed by atoms with Crippen LogP contribution < -0.4 is 5.84 Å². The fraction of sp³-hybridized carbons (Fsp3) is 0.615. The normalized spacial score (nSPS) is 16.5. The lowest BCUT2D eigenvalue weighted by molar-refractivity contribution is 0.0830. The van der Waals surface area contributed by atoms with Crippen LogP contribution in [0.2, 0.25) is 0 Å². The predicted molar refractivity (Wildman–Crippen MR) is 78.5 cm³/mol. The molecule has 0 aliphatic carbocycles. The Hall–Kier alpha value is -1.54. The highest BCUT2D eigenvalue weighted by Gasteiger charge is 2.23. The Labute approximate surface area is 127 Å². The minimum absolute atomic E-state index is 0.338. The standard InChI is InChI=1S/C13H19N5O2S/c1-8-11(9(2)20-17-8)7-21-13-16-15-12(18(13)14)10-3-5-19-6-4-10/h10H,3-7,14H2,1-2H3. The number of hydrogen-bond donors (Lipinski definition) is 1. The second kappa shape index (κ2) is 6.07. The molecule has 3 heterocycles. The zero-order chi connectivity index (χ0) is 14.8. The van der Waals surface area contributed by atoms with Crippen molar-refractivity contribution in [2.24, 2.45) is 0 Å². The molecule has 1 aliphatic heterocycles. The predicted octanol–water partition coefficient (Wildman–Crippen LogP) is 1.78. The summed E-state index contributed by atoms with van der Waals surface area (Å²) in [5.41, 5.74) is 2.00. The molecule has 114 valence electrons. The first-order chi connectivity index (χ1) is 10.2. The van der Waals surface area contributed by atoms with Gasteiger partial charge in [0, 0.05) is 30.4 Å². The lowest BCUT2D eigenvalue weighted by atomic mass is 10.00. The quantitative estimate of drug-likeness (QED) is 0.680. The van der Waals surface area contributed by atoms with Gasteiger partial charge in [-0.1, -0.05) is 16.9 Å². The van der Waals surface area contributed by atoms with Gasteiger partial charge in [-0.15, -0.1) is 10.2 Å². The number of nitrogen functional groups attached to an aromatic ring is 1. The van der Waals surface area contributed by atoms with Crippen molar-refractivity contribution in [2.75, 3.05) is 19.1 Å². The van der Waals surface area contributed by atoms with Crippen LogP contribution in [-0.2, 0) is 10.5 Å². The molecule has 1 aliphatic rings. The number of ether oxygens (including phenoxy) is 1. The molecule has 0 amide bonds. The van der Waals surface area contributed by atoms with Crippen LogP contribution in [0.25, 0.3) is 0 Å². The number of aryl methyl sites for hydroxylation is 2. The van der Waals surface area contributed by atoms with Crippen molar-refractivity contribution >= 4 is 11.8 Å². The Bertz CT molecular complexity index is 599. The molecule has 0 radical (unpaired) electrons. The van der Waals surface area contributed by atoms with E-state index in [4.69, 9.17) is 15.1 Å². The molecule has 0 unspecified atom stereocenters. The summed E-state index contributed by atoms with van der Waals surface area (Å²) < 4.78 is 12.1. The van der Waals surface area contributed by atoms with Crippen molar-refractivity contribution in [3.63, 3.8) is 0 Å². The van der Waals surface area contributed by atoms with Gasteiger partial charge < -0.3 is 15.1 Å². The monoisotopic (exact) mass is 309 g/mol. The largest absolute Gasteiger partial charge is 0.381 e. The van der Waals surface area contributed by atoms with Crippen molar-refractivity contribution in [3.05, 3.63) is 22.8 Å². The fourth-order valence-electron chi connectivity index (χ4n) is 2.47. The summed E-state index contributed by atoms with van der Waals surface area (Å²) in [6.45, 7) is 5.38. The summed E-state index contributed by atoms with van der Waals surface area (Å²) in [4.78, 5) is 0. The number of hydrogen-bond acceptors (Lipinski definition) is 7. The number of aromatic nitrogens is 4. The number of thioether (sulfide) groups is 1. The molecule has 0 aromatic carbocycles. The van der Waals surface area contributed by atoms with Gasteiger partial charge in [0.1, 0.15) is 5.76 Å². The van der Waals surface area contributed by atoms with Gasteiger partial charge in [0.15, 0.2) is 5.82 Å². The number of nitrogens with zero attached hydrogens (tertiary/aromatic N) is 4. The molecule has 2 aromatic rings. The average molecular weight is 309 g/mol. The zero-order valence-corrected chi connectivity index (χ0v) is 13.0. The molecular formula is C13H19N5O2S. The molecule has 0 saturated carbocycles. The Morgan fingerprint density at radius 2 is 2.05 bits per heavy atom. The first-order valence-corrected chi connectivity index (χ1v) is 7.98. The molecule has 1 fully saturated rings. The van der Waals surface area contributed by atoms with E-state index in [-0.39, 0.29) is 0 Å². The second-order valence-corrected chi connectivity index (χ2v) is 6.13. The minimum Gasteiger partial charge on any atom is -0.381 e. The van der Waals surface area contributed by atoms with E-state index in [1.807, 2.05) is 13.8 Å². The molecular weight excluding hydrogens is 290 g/mol. The lowest BCUT2D eigenvalue weighted by Crippen LogP contribution is -2.22. The van der Waals surface area contributed by atoms with Crippen LogP contribution in [0.5, 0.6) is 0 Å². The summed E-state index contributed by atoms with van der Waals surface area (Å²) in [6.07, 6.45) is 1.90. The van der Waals surface area contributed by atoms with Crippen LogP contribution >= 0.6 is 11.8 Å². The van der Waals surface area contributed by atoms with Gasteiger partial charge in [-0.05, 0) is 26.7 Å². The van der Waals surface area contributed by atoms with E-state index in [1.54, 1.807) is 16.4 Å². The molecule has 8 heteroatoms. The highest BCUT2D eigenvalue weighted by atomic mass is 32.2. The molecule has 7 nitrogen and oxygen atoms in total. The molecule has 0 spiro atoms. The molecule has 2 N–H and O–H groups in total. The van der Waals surface area contributed by atoms with Crippen LogP contribution in [0.1, 0.15) is 41.6 Å². The van der Waals surface area contributed by atoms with Crippen LogP contribution in [0, 0.1) is 13.8 Å². The number of rotatable bonds is 4. The summed E-state index contributed by atoms with van der Waals surface area (Å²) >= 11 is 1.55. The molecule has 0 atom stereocenters. The Morgan fingerprint density at radius 3 is 2.71 bits per heavy atom. The van der Waals surface area contributed by atoms with Crippen molar-refractivity contribution in [1.82, 2.24) is 20.0 Å². The second-order valence-electron chi connectivity index (χ2n) is 5.19. The summed E-state index contributed by atoms with van der Waals surface area (Å²) in [7, 11) is 0. The fourth-order valence-corrected chi connectivity index (χ4v) is 3.48. The third-order valence-corrected chi connectivity index (χ3v) is 4.77. The maximum atomic E-state index is 6.14. The van der Waals surface area contributed by atoms with E-state index >= 15 is 0 Å². The van der Waals surface area contributed by atoms with Gasteiger partial charge in [0.2, 0.25) is 5.16 Å². The third-order valence-electron chi connectivity index (χ3n) is 3.80. The summed E-state index contributed by atoms with van der Waals surface area (Å²) in [6, 6.07) is 0. The minimum atomic E-state index is 0.338. The maximum Gasteiger partial charge on any atom is 0.210 e. The van der Waals surface area contributed by atoms with E-state index in [0.717, 1.165) is 59.8 Å². The van der Waals surface area contributed by atoms with Crippen molar-refractivity contribution in [3.8, 4) is 0 Å². The average Bonchev–Trinajstić information content (AvgIpc) is 3.02. The van der Waals surface area contributed by atoms with Gasteiger partial charge in [-0.3, -0.25) is 0 Å². The molecule has 2 aromatic heterocycles.